The number of carboxylic acid groups (broad SMARTS) is 1. The number of carbonyl (C=O) groups is 1. The summed E-state index contributed by atoms with van der Waals surface area (Å²) in [6, 6.07) is 13.5. The molecule has 0 radical (unpaired) electrons. The van der Waals surface area contributed by atoms with Gasteiger partial charge in [-0.05, 0) is 30.3 Å². The number of aromatic nitrogens is 2. The molecule has 3 aromatic rings. The van der Waals surface area contributed by atoms with Crippen LogP contribution in [0.4, 0.5) is 11.6 Å². The minimum atomic E-state index is -0.768. The van der Waals surface area contributed by atoms with Crippen LogP contribution in [-0.2, 0) is 4.79 Å². The molecule has 0 amide bonds. The lowest BCUT2D eigenvalue weighted by Crippen LogP contribution is -2.46. The third kappa shape index (κ3) is 5.06. The van der Waals surface area contributed by atoms with E-state index in [0.29, 0.717) is 22.8 Å². The molecule has 2 aromatic carbocycles. The zero-order valence-corrected chi connectivity index (χ0v) is 18.1. The summed E-state index contributed by atoms with van der Waals surface area (Å²) in [4.78, 5) is 24.3. The molecule has 5 N–H and O–H groups in total. The number of guanidine groups is 1. The van der Waals surface area contributed by atoms with Gasteiger partial charge in [0.05, 0.1) is 17.6 Å². The van der Waals surface area contributed by atoms with Crippen LogP contribution in [0.25, 0.3) is 22.2 Å². The van der Waals surface area contributed by atoms with Crippen LogP contribution < -0.4 is 16.0 Å². The fourth-order valence-electron chi connectivity index (χ4n) is 3.83. The summed E-state index contributed by atoms with van der Waals surface area (Å²) in [5.74, 6) is -0.755. The van der Waals surface area contributed by atoms with E-state index in [-0.39, 0.29) is 18.3 Å². The van der Waals surface area contributed by atoms with E-state index < -0.39 is 5.97 Å². The van der Waals surface area contributed by atoms with Crippen molar-refractivity contribution in [2.75, 3.05) is 42.9 Å². The van der Waals surface area contributed by atoms with E-state index in [1.54, 1.807) is 6.07 Å². The van der Waals surface area contributed by atoms with E-state index in [4.69, 9.17) is 27.9 Å². The molecular formula is C22H24ClN7O2. The Morgan fingerprint density at radius 2 is 1.94 bits per heavy atom. The number of nitrogens with zero attached hydrogens (tertiary/aromatic N) is 4. The van der Waals surface area contributed by atoms with Gasteiger partial charge in [0, 0.05) is 54.4 Å². The first kappa shape index (κ1) is 21.8. The molecule has 0 bridgehead atoms. The SMILES string of the molecule is N=C(N)Nc1nc(-c2cccc(N3CCN(CCC(=O)O)CC3)c2)c2cc(Cl)ccc2n1. The number of rotatable bonds is 6. The molecule has 1 aliphatic rings. The van der Waals surface area contributed by atoms with Gasteiger partial charge in [0.25, 0.3) is 0 Å². The second kappa shape index (κ2) is 9.37. The molecule has 9 nitrogen and oxygen atoms in total. The van der Waals surface area contributed by atoms with Gasteiger partial charge in [0.1, 0.15) is 0 Å². The Kier molecular flexibility index (Phi) is 6.38. The number of nitrogens with two attached hydrogens (primary N) is 1. The van der Waals surface area contributed by atoms with Crippen LogP contribution in [0, 0.1) is 5.41 Å². The minimum absolute atomic E-state index is 0.162. The van der Waals surface area contributed by atoms with Gasteiger partial charge in [-0.25, -0.2) is 9.97 Å². The van der Waals surface area contributed by atoms with Crippen LogP contribution in [0.15, 0.2) is 42.5 Å². The molecule has 2 heterocycles. The normalized spacial score (nSPS) is 14.5. The van der Waals surface area contributed by atoms with Crippen LogP contribution in [0.2, 0.25) is 5.02 Å². The van der Waals surface area contributed by atoms with E-state index in [0.717, 1.165) is 42.8 Å². The molecule has 0 saturated carbocycles. The van der Waals surface area contributed by atoms with Crippen molar-refractivity contribution in [3.63, 3.8) is 0 Å². The van der Waals surface area contributed by atoms with E-state index >= 15 is 0 Å². The highest BCUT2D eigenvalue weighted by molar-refractivity contribution is 6.31. The summed E-state index contributed by atoms with van der Waals surface area (Å²) in [5.41, 5.74) is 8.84. The fraction of sp³-hybridized carbons (Fsp3) is 0.273. The number of aliphatic carboxylic acids is 1. The third-order valence-corrected chi connectivity index (χ3v) is 5.64. The van der Waals surface area contributed by atoms with Crippen molar-refractivity contribution in [3.05, 3.63) is 47.5 Å². The molecule has 4 rings (SSSR count). The number of piperazine rings is 1. The predicted molar refractivity (Wildman–Crippen MR) is 126 cm³/mol. The molecule has 1 fully saturated rings. The Morgan fingerprint density at radius 1 is 1.16 bits per heavy atom. The molecule has 10 heteroatoms. The monoisotopic (exact) mass is 453 g/mol. The summed E-state index contributed by atoms with van der Waals surface area (Å²) in [6.07, 6.45) is 0.162. The van der Waals surface area contributed by atoms with E-state index in [9.17, 15) is 4.79 Å². The number of anilines is 2. The van der Waals surface area contributed by atoms with E-state index in [1.165, 1.54) is 0 Å². The molecule has 1 aromatic heterocycles. The highest BCUT2D eigenvalue weighted by Crippen LogP contribution is 2.31. The number of halogens is 1. The number of benzene rings is 2. The van der Waals surface area contributed by atoms with Gasteiger partial charge in [0.2, 0.25) is 5.95 Å². The Hall–Kier alpha value is -3.43. The van der Waals surface area contributed by atoms with Crippen LogP contribution in [0.1, 0.15) is 6.42 Å². The highest BCUT2D eigenvalue weighted by atomic mass is 35.5. The number of carboxylic acids is 1. The van der Waals surface area contributed by atoms with Crippen molar-refractivity contribution in [2.45, 2.75) is 6.42 Å². The third-order valence-electron chi connectivity index (χ3n) is 5.40. The maximum atomic E-state index is 10.8. The van der Waals surface area contributed by atoms with Gasteiger partial charge in [-0.15, -0.1) is 0 Å². The van der Waals surface area contributed by atoms with E-state index in [1.807, 2.05) is 24.3 Å². The van der Waals surface area contributed by atoms with Crippen molar-refractivity contribution in [3.8, 4) is 11.3 Å². The molecule has 0 aliphatic carbocycles. The summed E-state index contributed by atoms with van der Waals surface area (Å²) in [6.45, 7) is 3.84. The molecule has 0 atom stereocenters. The Balaban J connectivity index is 1.62. The standard InChI is InChI=1S/C22H24ClN7O2/c23-15-4-5-18-17(13-15)20(27-22(26-18)28-21(24)25)14-2-1-3-16(12-14)30-10-8-29(9-11-30)7-6-19(31)32/h1-5,12-13H,6-11H2,(H,31,32)(H4,24,25,26,27,28). The minimum Gasteiger partial charge on any atom is -0.481 e. The summed E-state index contributed by atoms with van der Waals surface area (Å²) >= 11 is 6.24. The molecule has 32 heavy (non-hydrogen) atoms. The first-order valence-electron chi connectivity index (χ1n) is 10.3. The number of hydrogen-bond donors (Lipinski definition) is 4. The average molecular weight is 454 g/mol. The first-order valence-corrected chi connectivity index (χ1v) is 10.6. The lowest BCUT2D eigenvalue weighted by molar-refractivity contribution is -0.137. The van der Waals surface area contributed by atoms with Crippen molar-refractivity contribution in [1.82, 2.24) is 14.9 Å². The Bertz CT molecular complexity index is 1160. The predicted octanol–water partition coefficient (Wildman–Crippen LogP) is 2.85. The van der Waals surface area contributed by atoms with Gasteiger partial charge < -0.3 is 15.7 Å². The van der Waals surface area contributed by atoms with Gasteiger partial charge in [-0.3, -0.25) is 20.4 Å². The van der Waals surface area contributed by atoms with Gasteiger partial charge >= 0.3 is 5.97 Å². The van der Waals surface area contributed by atoms with Crippen molar-refractivity contribution in [1.29, 1.82) is 5.41 Å². The van der Waals surface area contributed by atoms with Crippen molar-refractivity contribution in [2.24, 2.45) is 5.73 Å². The number of nitrogens with one attached hydrogen (secondary N) is 2. The molecule has 0 unspecified atom stereocenters. The zero-order chi connectivity index (χ0) is 22.7. The maximum absolute atomic E-state index is 10.8. The summed E-state index contributed by atoms with van der Waals surface area (Å²) in [7, 11) is 0. The molecule has 166 valence electrons. The topological polar surface area (TPSA) is 131 Å². The first-order chi connectivity index (χ1) is 15.4. The van der Waals surface area contributed by atoms with Crippen LogP contribution in [-0.4, -0.2) is 64.6 Å². The molecule has 0 spiro atoms. The summed E-state index contributed by atoms with van der Waals surface area (Å²) < 4.78 is 0. The second-order valence-corrected chi connectivity index (χ2v) is 8.06. The number of hydrogen-bond acceptors (Lipinski definition) is 6. The largest absolute Gasteiger partial charge is 0.481 e. The lowest BCUT2D eigenvalue weighted by Gasteiger charge is -2.36. The average Bonchev–Trinajstić information content (AvgIpc) is 2.77. The van der Waals surface area contributed by atoms with Gasteiger partial charge in [-0.1, -0.05) is 23.7 Å². The Morgan fingerprint density at radius 3 is 2.66 bits per heavy atom. The van der Waals surface area contributed by atoms with Crippen molar-refractivity contribution < 1.29 is 9.90 Å². The highest BCUT2D eigenvalue weighted by Gasteiger charge is 2.19. The summed E-state index contributed by atoms with van der Waals surface area (Å²) in [5, 5.41) is 20.5. The van der Waals surface area contributed by atoms with Gasteiger partial charge in [-0.2, -0.15) is 0 Å². The number of fused-ring (bicyclic) bond motifs is 1. The quantitative estimate of drug-likeness (QED) is 0.331. The zero-order valence-electron chi connectivity index (χ0n) is 17.4. The molecule has 1 aliphatic heterocycles. The molecular weight excluding hydrogens is 430 g/mol. The van der Waals surface area contributed by atoms with Crippen LogP contribution >= 0.6 is 11.6 Å². The van der Waals surface area contributed by atoms with Crippen LogP contribution in [0.3, 0.4) is 0 Å². The van der Waals surface area contributed by atoms with Crippen molar-refractivity contribution >= 4 is 46.1 Å². The maximum Gasteiger partial charge on any atom is 0.304 e. The lowest BCUT2D eigenvalue weighted by atomic mass is 10.1. The van der Waals surface area contributed by atoms with Gasteiger partial charge in [0.15, 0.2) is 5.96 Å². The fourth-order valence-corrected chi connectivity index (χ4v) is 4.00. The Labute approximate surface area is 190 Å². The van der Waals surface area contributed by atoms with Crippen LogP contribution in [0.5, 0.6) is 0 Å². The van der Waals surface area contributed by atoms with E-state index in [2.05, 4.69) is 37.2 Å². The smallest absolute Gasteiger partial charge is 0.304 e. The second-order valence-electron chi connectivity index (χ2n) is 7.62. The molecule has 1 saturated heterocycles.